The maximum absolute atomic E-state index is 10.4. The molecule has 0 bridgehead atoms. The van der Waals surface area contributed by atoms with Crippen LogP contribution in [0.5, 0.6) is 0 Å². The third-order valence-electron chi connectivity index (χ3n) is 2.78. The summed E-state index contributed by atoms with van der Waals surface area (Å²) in [6, 6.07) is 4.08. The Labute approximate surface area is 115 Å². The molecule has 0 saturated carbocycles. The lowest BCUT2D eigenvalue weighted by molar-refractivity contribution is -0.137. The predicted octanol–water partition coefficient (Wildman–Crippen LogP) is 1.97. The Morgan fingerprint density at radius 2 is 2.26 bits per heavy atom. The summed E-state index contributed by atoms with van der Waals surface area (Å²) in [5, 5.41) is 22.3. The van der Waals surface area contributed by atoms with E-state index in [1.54, 1.807) is 16.0 Å². The van der Waals surface area contributed by atoms with Gasteiger partial charge in [-0.3, -0.25) is 4.79 Å². The topological polar surface area (TPSA) is 80.9 Å². The van der Waals surface area contributed by atoms with Crippen LogP contribution in [0.1, 0.15) is 36.4 Å². The van der Waals surface area contributed by atoms with Crippen molar-refractivity contribution < 1.29 is 9.90 Å². The molecule has 0 atom stereocenters. The molecular weight excluding hydrogens is 264 g/mol. The SMILES string of the molecule is O=C(O)CCCCCn1nnnc1Cc1cccs1. The van der Waals surface area contributed by atoms with E-state index in [-0.39, 0.29) is 6.42 Å². The van der Waals surface area contributed by atoms with E-state index in [1.807, 2.05) is 11.4 Å². The monoisotopic (exact) mass is 280 g/mol. The highest BCUT2D eigenvalue weighted by Gasteiger charge is 2.07. The summed E-state index contributed by atoms with van der Waals surface area (Å²) in [7, 11) is 0. The minimum absolute atomic E-state index is 0.234. The number of carboxylic acids is 1. The molecule has 0 spiro atoms. The molecule has 1 N–H and O–H groups in total. The molecule has 0 unspecified atom stereocenters. The highest BCUT2D eigenvalue weighted by Crippen LogP contribution is 2.13. The summed E-state index contributed by atoms with van der Waals surface area (Å²) in [6.45, 7) is 0.743. The second kappa shape index (κ2) is 6.98. The summed E-state index contributed by atoms with van der Waals surface area (Å²) in [5.74, 6) is 0.126. The van der Waals surface area contributed by atoms with Crippen molar-refractivity contribution in [2.75, 3.05) is 0 Å². The molecule has 0 amide bonds. The number of tetrazole rings is 1. The number of aliphatic carboxylic acids is 1. The predicted molar refractivity (Wildman–Crippen MR) is 71.0 cm³/mol. The van der Waals surface area contributed by atoms with E-state index in [2.05, 4.69) is 21.6 Å². The van der Waals surface area contributed by atoms with Crippen LogP contribution in [0.15, 0.2) is 17.5 Å². The van der Waals surface area contributed by atoms with Gasteiger partial charge in [-0.25, -0.2) is 4.68 Å². The number of nitrogens with zero attached hydrogens (tertiary/aromatic N) is 4. The molecule has 2 heterocycles. The zero-order valence-corrected chi connectivity index (χ0v) is 11.3. The number of carboxylic acid groups (broad SMARTS) is 1. The smallest absolute Gasteiger partial charge is 0.303 e. The first-order chi connectivity index (χ1) is 9.25. The van der Waals surface area contributed by atoms with Gasteiger partial charge in [-0.15, -0.1) is 16.4 Å². The van der Waals surface area contributed by atoms with Gasteiger partial charge in [0.25, 0.3) is 0 Å². The molecule has 0 aromatic carbocycles. The van der Waals surface area contributed by atoms with E-state index >= 15 is 0 Å². The Morgan fingerprint density at radius 3 is 3.00 bits per heavy atom. The highest BCUT2D eigenvalue weighted by atomic mass is 32.1. The maximum Gasteiger partial charge on any atom is 0.303 e. The average molecular weight is 280 g/mol. The molecule has 0 saturated heterocycles. The molecule has 0 aliphatic carbocycles. The zero-order chi connectivity index (χ0) is 13.5. The standard InChI is InChI=1S/C12H16N4O2S/c17-12(18)6-2-1-3-7-16-11(13-14-15-16)9-10-5-4-8-19-10/h4-5,8H,1-3,6-7,9H2,(H,17,18). The molecule has 7 heteroatoms. The zero-order valence-electron chi connectivity index (χ0n) is 10.5. The summed E-state index contributed by atoms with van der Waals surface area (Å²) in [6.07, 6.45) is 3.47. The van der Waals surface area contributed by atoms with Gasteiger partial charge >= 0.3 is 5.97 Å². The van der Waals surface area contributed by atoms with E-state index in [4.69, 9.17) is 5.11 Å². The molecular formula is C12H16N4O2S. The van der Waals surface area contributed by atoms with Crippen LogP contribution in [0, 0.1) is 0 Å². The van der Waals surface area contributed by atoms with Crippen molar-refractivity contribution in [3.63, 3.8) is 0 Å². The Morgan fingerprint density at radius 1 is 1.37 bits per heavy atom. The van der Waals surface area contributed by atoms with E-state index in [1.165, 1.54) is 4.88 Å². The summed E-state index contributed by atoms with van der Waals surface area (Å²) < 4.78 is 1.81. The van der Waals surface area contributed by atoms with Crippen LogP contribution in [0.4, 0.5) is 0 Å². The second-order valence-corrected chi connectivity index (χ2v) is 5.31. The number of hydrogen-bond acceptors (Lipinski definition) is 5. The van der Waals surface area contributed by atoms with Gasteiger partial charge in [-0.2, -0.15) is 0 Å². The molecule has 0 aliphatic rings. The van der Waals surface area contributed by atoms with Crippen molar-refractivity contribution in [2.24, 2.45) is 0 Å². The van der Waals surface area contributed by atoms with Gasteiger partial charge in [-0.1, -0.05) is 12.5 Å². The third-order valence-corrected chi connectivity index (χ3v) is 3.66. The van der Waals surface area contributed by atoms with Gasteiger partial charge in [0.05, 0.1) is 0 Å². The maximum atomic E-state index is 10.4. The van der Waals surface area contributed by atoms with Gasteiger partial charge in [0, 0.05) is 24.3 Å². The van der Waals surface area contributed by atoms with Crippen LogP contribution < -0.4 is 0 Å². The first-order valence-corrected chi connectivity index (χ1v) is 7.13. The van der Waals surface area contributed by atoms with Crippen LogP contribution in [0.25, 0.3) is 0 Å². The van der Waals surface area contributed by atoms with Crippen LogP contribution >= 0.6 is 11.3 Å². The lowest BCUT2D eigenvalue weighted by atomic mass is 10.2. The molecule has 0 aliphatic heterocycles. The van der Waals surface area contributed by atoms with E-state index in [9.17, 15) is 4.79 Å². The number of thiophene rings is 1. The Balaban J connectivity index is 1.78. The van der Waals surface area contributed by atoms with Crippen LogP contribution in [0.2, 0.25) is 0 Å². The molecule has 0 fully saturated rings. The Kier molecular flexibility index (Phi) is 5.02. The van der Waals surface area contributed by atoms with Crippen molar-refractivity contribution >= 4 is 17.3 Å². The number of aryl methyl sites for hydroxylation is 1. The van der Waals surface area contributed by atoms with Gasteiger partial charge in [0.1, 0.15) is 0 Å². The molecule has 0 radical (unpaired) electrons. The van der Waals surface area contributed by atoms with Gasteiger partial charge in [0.15, 0.2) is 5.82 Å². The van der Waals surface area contributed by atoms with E-state index in [0.29, 0.717) is 6.42 Å². The minimum Gasteiger partial charge on any atom is -0.481 e. The molecule has 2 aromatic rings. The molecule has 2 rings (SSSR count). The minimum atomic E-state index is -0.735. The molecule has 102 valence electrons. The third kappa shape index (κ3) is 4.44. The lowest BCUT2D eigenvalue weighted by Crippen LogP contribution is -2.06. The van der Waals surface area contributed by atoms with Crippen molar-refractivity contribution in [3.8, 4) is 0 Å². The summed E-state index contributed by atoms with van der Waals surface area (Å²) in [5.41, 5.74) is 0. The number of rotatable bonds is 8. The highest BCUT2D eigenvalue weighted by molar-refractivity contribution is 7.09. The number of aromatic nitrogens is 4. The van der Waals surface area contributed by atoms with Crippen LogP contribution in [0.3, 0.4) is 0 Å². The van der Waals surface area contributed by atoms with Crippen LogP contribution in [-0.2, 0) is 17.8 Å². The Bertz CT molecular complexity index is 510. The van der Waals surface area contributed by atoms with Gasteiger partial charge in [-0.05, 0) is 34.7 Å². The van der Waals surface area contributed by atoms with Crippen molar-refractivity contribution in [2.45, 2.75) is 38.6 Å². The molecule has 6 nitrogen and oxygen atoms in total. The number of carbonyl (C=O) groups is 1. The van der Waals surface area contributed by atoms with Gasteiger partial charge in [0.2, 0.25) is 0 Å². The summed E-state index contributed by atoms with van der Waals surface area (Å²) in [4.78, 5) is 11.6. The number of hydrogen-bond donors (Lipinski definition) is 1. The Hall–Kier alpha value is -1.76. The first kappa shape index (κ1) is 13.7. The largest absolute Gasteiger partial charge is 0.481 e. The van der Waals surface area contributed by atoms with Crippen molar-refractivity contribution in [3.05, 3.63) is 28.2 Å². The van der Waals surface area contributed by atoms with Crippen molar-refractivity contribution in [1.82, 2.24) is 20.2 Å². The van der Waals surface area contributed by atoms with Crippen molar-refractivity contribution in [1.29, 1.82) is 0 Å². The molecule has 19 heavy (non-hydrogen) atoms. The van der Waals surface area contributed by atoms with Crippen LogP contribution in [-0.4, -0.2) is 31.3 Å². The molecule has 2 aromatic heterocycles. The van der Waals surface area contributed by atoms with E-state index in [0.717, 1.165) is 31.6 Å². The second-order valence-electron chi connectivity index (χ2n) is 4.28. The average Bonchev–Trinajstić information content (AvgIpc) is 3.01. The van der Waals surface area contributed by atoms with Gasteiger partial charge < -0.3 is 5.11 Å². The number of unbranched alkanes of at least 4 members (excludes halogenated alkanes) is 2. The fraction of sp³-hybridized carbons (Fsp3) is 0.500. The first-order valence-electron chi connectivity index (χ1n) is 6.25. The normalized spacial score (nSPS) is 10.7. The summed E-state index contributed by atoms with van der Waals surface area (Å²) >= 11 is 1.69. The lowest BCUT2D eigenvalue weighted by Gasteiger charge is -2.03. The van der Waals surface area contributed by atoms with E-state index < -0.39 is 5.97 Å². The quantitative estimate of drug-likeness (QED) is 0.748. The fourth-order valence-corrected chi connectivity index (χ4v) is 2.51. The fourth-order valence-electron chi connectivity index (χ4n) is 1.81.